The van der Waals surface area contributed by atoms with Crippen LogP contribution < -0.4 is 4.89 Å². The maximum atomic E-state index is 8.94. The van der Waals surface area contributed by atoms with Crippen molar-refractivity contribution in [3.8, 4) is 5.75 Å². The van der Waals surface area contributed by atoms with E-state index in [1.165, 1.54) is 0 Å². The van der Waals surface area contributed by atoms with Gasteiger partial charge in [0.2, 0.25) is 0 Å². The first kappa shape index (κ1) is 9.99. The maximum absolute atomic E-state index is 8.94. The Hall–Kier alpha value is -1.54. The lowest BCUT2D eigenvalue weighted by molar-refractivity contribution is -0.136. The molecule has 15 heavy (non-hydrogen) atoms. The Bertz CT molecular complexity index is 489. The fourth-order valence-electron chi connectivity index (χ4n) is 1.84. The Balaban J connectivity index is 2.79. The lowest BCUT2D eigenvalue weighted by atomic mass is 10.0. The van der Waals surface area contributed by atoms with E-state index < -0.39 is 0 Å². The van der Waals surface area contributed by atoms with Gasteiger partial charge in [0.1, 0.15) is 0 Å². The fourth-order valence-corrected chi connectivity index (χ4v) is 1.84. The standard InChI is InChI=1S/C13H14O2/c1-3-10-6-7-11-5-4-9(2)8-12(11)13(10)15-14/h4-8,14H,3H2,1-2H3. The second-order valence-corrected chi connectivity index (χ2v) is 3.72. The number of benzene rings is 2. The molecular formula is C13H14O2. The van der Waals surface area contributed by atoms with Crippen LogP contribution in [-0.4, -0.2) is 5.26 Å². The molecule has 0 atom stereocenters. The average molecular weight is 202 g/mol. The summed E-state index contributed by atoms with van der Waals surface area (Å²) in [5, 5.41) is 11.0. The van der Waals surface area contributed by atoms with Gasteiger partial charge < -0.3 is 4.89 Å². The number of hydrogen-bond acceptors (Lipinski definition) is 2. The molecule has 0 radical (unpaired) electrons. The highest BCUT2D eigenvalue weighted by atomic mass is 17.1. The minimum atomic E-state index is 0.582. The third-order valence-corrected chi connectivity index (χ3v) is 2.68. The summed E-state index contributed by atoms with van der Waals surface area (Å²) in [6.07, 6.45) is 0.847. The largest absolute Gasteiger partial charge is 0.339 e. The van der Waals surface area contributed by atoms with Crippen molar-refractivity contribution >= 4 is 10.8 Å². The summed E-state index contributed by atoms with van der Waals surface area (Å²) < 4.78 is 0. The lowest BCUT2D eigenvalue weighted by Gasteiger charge is -2.08. The van der Waals surface area contributed by atoms with Crippen LogP contribution in [0, 0.1) is 6.92 Å². The quantitative estimate of drug-likeness (QED) is 0.596. The van der Waals surface area contributed by atoms with Gasteiger partial charge in [-0.3, -0.25) is 0 Å². The molecule has 0 unspecified atom stereocenters. The molecule has 0 aliphatic heterocycles. The van der Waals surface area contributed by atoms with Gasteiger partial charge in [-0.2, -0.15) is 0 Å². The van der Waals surface area contributed by atoms with Gasteiger partial charge in [0.05, 0.1) is 0 Å². The molecule has 2 aromatic rings. The van der Waals surface area contributed by atoms with Gasteiger partial charge in [-0.05, 0) is 30.4 Å². The predicted molar refractivity (Wildman–Crippen MR) is 61.3 cm³/mol. The summed E-state index contributed by atoms with van der Waals surface area (Å²) in [4.78, 5) is 4.50. The first-order valence-electron chi connectivity index (χ1n) is 5.10. The zero-order valence-corrected chi connectivity index (χ0v) is 8.95. The van der Waals surface area contributed by atoms with E-state index in [0.29, 0.717) is 5.75 Å². The van der Waals surface area contributed by atoms with E-state index in [9.17, 15) is 0 Å². The third kappa shape index (κ3) is 1.68. The molecule has 0 saturated carbocycles. The second-order valence-electron chi connectivity index (χ2n) is 3.72. The van der Waals surface area contributed by atoms with Crippen LogP contribution >= 0.6 is 0 Å². The van der Waals surface area contributed by atoms with Crippen LogP contribution in [-0.2, 0) is 6.42 Å². The van der Waals surface area contributed by atoms with E-state index in [0.717, 1.165) is 28.3 Å². The van der Waals surface area contributed by atoms with Crippen LogP contribution in [0.25, 0.3) is 10.8 Å². The van der Waals surface area contributed by atoms with Crippen molar-refractivity contribution in [1.82, 2.24) is 0 Å². The van der Waals surface area contributed by atoms with Gasteiger partial charge in [-0.15, -0.1) is 0 Å². The van der Waals surface area contributed by atoms with Crippen LogP contribution in [0.4, 0.5) is 0 Å². The first-order valence-corrected chi connectivity index (χ1v) is 5.10. The third-order valence-electron chi connectivity index (χ3n) is 2.68. The number of rotatable bonds is 2. The SMILES string of the molecule is CCc1ccc2ccc(C)cc2c1OO. The molecule has 1 N–H and O–H groups in total. The monoisotopic (exact) mass is 202 g/mol. The second kappa shape index (κ2) is 3.91. The summed E-state index contributed by atoms with van der Waals surface area (Å²) in [6, 6.07) is 10.2. The Kier molecular flexibility index (Phi) is 2.60. The molecule has 2 nitrogen and oxygen atoms in total. The number of fused-ring (bicyclic) bond motifs is 1. The summed E-state index contributed by atoms with van der Waals surface area (Å²) in [5.74, 6) is 0.582. The van der Waals surface area contributed by atoms with E-state index in [-0.39, 0.29) is 0 Å². The fraction of sp³-hybridized carbons (Fsp3) is 0.231. The van der Waals surface area contributed by atoms with Crippen molar-refractivity contribution in [2.75, 3.05) is 0 Å². The molecule has 2 heteroatoms. The van der Waals surface area contributed by atoms with Crippen LogP contribution in [0.3, 0.4) is 0 Å². The lowest BCUT2D eigenvalue weighted by Crippen LogP contribution is -1.92. The smallest absolute Gasteiger partial charge is 0.176 e. The van der Waals surface area contributed by atoms with Crippen molar-refractivity contribution < 1.29 is 10.1 Å². The van der Waals surface area contributed by atoms with Crippen molar-refractivity contribution in [2.45, 2.75) is 20.3 Å². The molecule has 0 amide bonds. The Morgan fingerprint density at radius 3 is 2.60 bits per heavy atom. The molecule has 0 fully saturated rings. The van der Waals surface area contributed by atoms with Gasteiger partial charge >= 0.3 is 0 Å². The Morgan fingerprint density at radius 1 is 1.20 bits per heavy atom. The highest BCUT2D eigenvalue weighted by molar-refractivity contribution is 5.90. The summed E-state index contributed by atoms with van der Waals surface area (Å²) in [5.41, 5.74) is 2.18. The summed E-state index contributed by atoms with van der Waals surface area (Å²) in [7, 11) is 0. The molecule has 0 aliphatic rings. The van der Waals surface area contributed by atoms with Crippen LogP contribution in [0.1, 0.15) is 18.1 Å². The molecule has 0 spiro atoms. The first-order chi connectivity index (χ1) is 7.26. The average Bonchev–Trinajstić information content (AvgIpc) is 2.27. The molecule has 78 valence electrons. The van der Waals surface area contributed by atoms with Gasteiger partial charge in [-0.25, -0.2) is 5.26 Å². The molecule has 0 heterocycles. The highest BCUT2D eigenvalue weighted by Crippen LogP contribution is 2.30. The molecule has 0 bridgehead atoms. The van der Waals surface area contributed by atoms with Crippen molar-refractivity contribution in [2.24, 2.45) is 0 Å². The van der Waals surface area contributed by atoms with E-state index in [1.54, 1.807) is 0 Å². The summed E-state index contributed by atoms with van der Waals surface area (Å²) in [6.45, 7) is 4.07. The van der Waals surface area contributed by atoms with E-state index >= 15 is 0 Å². The van der Waals surface area contributed by atoms with Crippen molar-refractivity contribution in [1.29, 1.82) is 0 Å². The summed E-state index contributed by atoms with van der Waals surface area (Å²) >= 11 is 0. The van der Waals surface area contributed by atoms with Crippen molar-refractivity contribution in [3.63, 3.8) is 0 Å². The van der Waals surface area contributed by atoms with E-state index in [2.05, 4.69) is 17.0 Å². The molecular weight excluding hydrogens is 188 g/mol. The minimum absolute atomic E-state index is 0.582. The molecule has 2 rings (SSSR count). The van der Waals surface area contributed by atoms with E-state index in [1.807, 2.05) is 32.0 Å². The van der Waals surface area contributed by atoms with Gasteiger partial charge in [0, 0.05) is 5.39 Å². The zero-order chi connectivity index (χ0) is 10.8. The number of aryl methyl sites for hydroxylation is 2. The van der Waals surface area contributed by atoms with Crippen molar-refractivity contribution in [3.05, 3.63) is 41.5 Å². The van der Waals surface area contributed by atoms with E-state index in [4.69, 9.17) is 5.26 Å². The predicted octanol–water partition coefficient (Wildman–Crippen LogP) is 3.56. The molecule has 2 aromatic carbocycles. The topological polar surface area (TPSA) is 29.5 Å². The van der Waals surface area contributed by atoms with Crippen LogP contribution in [0.2, 0.25) is 0 Å². The maximum Gasteiger partial charge on any atom is 0.176 e. The van der Waals surface area contributed by atoms with Gasteiger partial charge in [-0.1, -0.05) is 36.8 Å². The molecule has 0 saturated heterocycles. The Morgan fingerprint density at radius 2 is 1.93 bits per heavy atom. The van der Waals surface area contributed by atoms with Gasteiger partial charge in [0.25, 0.3) is 0 Å². The van der Waals surface area contributed by atoms with Gasteiger partial charge in [0.15, 0.2) is 5.75 Å². The van der Waals surface area contributed by atoms with Crippen LogP contribution in [0.5, 0.6) is 5.75 Å². The minimum Gasteiger partial charge on any atom is -0.339 e. The number of hydrogen-bond donors (Lipinski definition) is 1. The van der Waals surface area contributed by atoms with Crippen LogP contribution in [0.15, 0.2) is 30.3 Å². The Labute approximate surface area is 89.0 Å². The highest BCUT2D eigenvalue weighted by Gasteiger charge is 2.07. The molecule has 0 aliphatic carbocycles. The zero-order valence-electron chi connectivity index (χ0n) is 8.95. The normalized spacial score (nSPS) is 10.6. The molecule has 0 aromatic heterocycles.